The molecule has 0 saturated carbocycles. The Kier molecular flexibility index (Phi) is 4.88. The Morgan fingerprint density at radius 1 is 0.958 bits per heavy atom. The molecule has 1 aromatic rings. The molecule has 3 aliphatic rings. The number of fused-ring (bicyclic) bond motifs is 1. The van der Waals surface area contributed by atoms with E-state index in [1.165, 1.54) is 69.3 Å². The summed E-state index contributed by atoms with van der Waals surface area (Å²) in [4.78, 5) is 17.8. The number of rotatable bonds is 2. The second-order valence-corrected chi connectivity index (χ2v) is 7.73. The van der Waals surface area contributed by atoms with Crippen molar-refractivity contribution >= 4 is 5.91 Å². The van der Waals surface area contributed by atoms with Gasteiger partial charge in [0.15, 0.2) is 5.69 Å². The molecule has 3 heterocycles. The summed E-state index contributed by atoms with van der Waals surface area (Å²) in [5, 5.41) is 7.52. The summed E-state index contributed by atoms with van der Waals surface area (Å²) in [5.41, 5.74) is 3.11. The number of nitrogens with zero attached hydrogens (tertiary/aromatic N) is 3. The fourth-order valence-electron chi connectivity index (χ4n) is 4.71. The Labute approximate surface area is 144 Å². The van der Waals surface area contributed by atoms with E-state index in [-0.39, 0.29) is 5.91 Å². The van der Waals surface area contributed by atoms with Crippen molar-refractivity contribution in [3.63, 3.8) is 0 Å². The number of aromatic amines is 1. The van der Waals surface area contributed by atoms with Gasteiger partial charge in [-0.05, 0) is 64.5 Å². The first-order chi connectivity index (χ1) is 11.8. The Hall–Kier alpha value is -1.36. The third kappa shape index (κ3) is 3.23. The van der Waals surface area contributed by atoms with Crippen molar-refractivity contribution in [2.45, 2.75) is 70.3 Å². The molecule has 0 spiro atoms. The lowest BCUT2D eigenvalue weighted by Gasteiger charge is -2.39. The lowest BCUT2D eigenvalue weighted by molar-refractivity contribution is 0.0572. The Bertz CT molecular complexity index is 574. The minimum absolute atomic E-state index is 0.161. The average Bonchev–Trinajstić information content (AvgIpc) is 2.87. The number of carbonyl (C=O) groups is 1. The molecule has 5 nitrogen and oxygen atoms in total. The third-order valence-corrected chi connectivity index (χ3v) is 6.10. The van der Waals surface area contributed by atoms with Crippen LogP contribution < -0.4 is 0 Å². The maximum atomic E-state index is 13.1. The van der Waals surface area contributed by atoms with Crippen LogP contribution in [0.4, 0.5) is 0 Å². The van der Waals surface area contributed by atoms with Gasteiger partial charge in [-0.2, -0.15) is 5.10 Å². The summed E-state index contributed by atoms with van der Waals surface area (Å²) >= 11 is 0. The lowest BCUT2D eigenvalue weighted by Crippen LogP contribution is -2.50. The maximum Gasteiger partial charge on any atom is 0.274 e. The molecule has 0 radical (unpaired) electrons. The van der Waals surface area contributed by atoms with Gasteiger partial charge in [-0.3, -0.25) is 14.8 Å². The van der Waals surface area contributed by atoms with E-state index in [1.54, 1.807) is 0 Å². The summed E-state index contributed by atoms with van der Waals surface area (Å²) in [6.07, 6.45) is 12.2. The number of hydrogen-bond acceptors (Lipinski definition) is 3. The molecule has 5 heteroatoms. The Morgan fingerprint density at radius 3 is 2.58 bits per heavy atom. The molecule has 1 amide bonds. The number of amides is 1. The van der Waals surface area contributed by atoms with Gasteiger partial charge in [-0.1, -0.05) is 12.8 Å². The smallest absolute Gasteiger partial charge is 0.274 e. The number of likely N-dealkylation sites (tertiary alicyclic amines) is 2. The molecule has 1 aliphatic carbocycles. The van der Waals surface area contributed by atoms with Crippen LogP contribution in [-0.2, 0) is 12.8 Å². The third-order valence-electron chi connectivity index (χ3n) is 6.10. The van der Waals surface area contributed by atoms with Crippen LogP contribution in [-0.4, -0.2) is 58.1 Å². The molecular formula is C19H30N4O. The molecule has 2 aliphatic heterocycles. The van der Waals surface area contributed by atoms with Crippen molar-refractivity contribution in [2.24, 2.45) is 0 Å². The van der Waals surface area contributed by atoms with Crippen molar-refractivity contribution in [2.75, 3.05) is 26.2 Å². The molecule has 1 aromatic heterocycles. The summed E-state index contributed by atoms with van der Waals surface area (Å²) < 4.78 is 0. The van der Waals surface area contributed by atoms with Gasteiger partial charge in [0.2, 0.25) is 0 Å². The van der Waals surface area contributed by atoms with Crippen LogP contribution in [0, 0.1) is 0 Å². The zero-order chi connectivity index (χ0) is 16.4. The molecular weight excluding hydrogens is 300 g/mol. The normalized spacial score (nSPS) is 26.0. The second-order valence-electron chi connectivity index (χ2n) is 7.73. The summed E-state index contributed by atoms with van der Waals surface area (Å²) in [6.45, 7) is 4.21. The van der Waals surface area contributed by atoms with Crippen molar-refractivity contribution in [3.05, 3.63) is 17.0 Å². The predicted octanol–water partition coefficient (Wildman–Crippen LogP) is 2.77. The topological polar surface area (TPSA) is 52.2 Å². The van der Waals surface area contributed by atoms with Crippen molar-refractivity contribution < 1.29 is 4.79 Å². The maximum absolute atomic E-state index is 13.1. The molecule has 4 rings (SSSR count). The van der Waals surface area contributed by atoms with Crippen LogP contribution in [0.15, 0.2) is 0 Å². The van der Waals surface area contributed by atoms with Gasteiger partial charge in [-0.25, -0.2) is 0 Å². The molecule has 0 aromatic carbocycles. The number of aryl methyl sites for hydroxylation is 1. The van der Waals surface area contributed by atoms with Gasteiger partial charge in [0, 0.05) is 30.4 Å². The molecule has 2 saturated heterocycles. The first kappa shape index (κ1) is 16.1. The first-order valence-corrected chi connectivity index (χ1v) is 9.92. The fraction of sp³-hybridized carbons (Fsp3) is 0.789. The van der Waals surface area contributed by atoms with Crippen LogP contribution in [0.25, 0.3) is 0 Å². The van der Waals surface area contributed by atoms with Crippen LogP contribution in [0.3, 0.4) is 0 Å². The van der Waals surface area contributed by atoms with Crippen LogP contribution >= 0.6 is 0 Å². The SMILES string of the molecule is O=C(c1n[nH]c2c1CCCC2)N1CCC[C@H](N2CCCCCC2)C1. The van der Waals surface area contributed by atoms with E-state index < -0.39 is 0 Å². The van der Waals surface area contributed by atoms with Crippen molar-refractivity contribution in [1.82, 2.24) is 20.0 Å². The number of hydrogen-bond donors (Lipinski definition) is 1. The highest BCUT2D eigenvalue weighted by atomic mass is 16.2. The van der Waals surface area contributed by atoms with Crippen LogP contribution in [0.1, 0.15) is 73.1 Å². The standard InChI is InChI=1S/C19H30N4O/c24-19(18-16-9-3-4-10-17(16)20-21-18)23-13-7-8-15(14-23)22-11-5-1-2-6-12-22/h15H,1-14H2,(H,20,21)/t15-/m0/s1. The number of H-pyrrole nitrogens is 1. The van der Waals surface area contributed by atoms with Crippen LogP contribution in [0.5, 0.6) is 0 Å². The van der Waals surface area contributed by atoms with Gasteiger partial charge in [0.1, 0.15) is 0 Å². The van der Waals surface area contributed by atoms with Gasteiger partial charge in [-0.15, -0.1) is 0 Å². The lowest BCUT2D eigenvalue weighted by atomic mass is 9.95. The molecule has 132 valence electrons. The highest BCUT2D eigenvalue weighted by molar-refractivity contribution is 5.94. The summed E-state index contributed by atoms with van der Waals surface area (Å²) in [5.74, 6) is 0.161. The van der Waals surface area contributed by atoms with E-state index in [0.717, 1.165) is 32.4 Å². The van der Waals surface area contributed by atoms with E-state index in [0.29, 0.717) is 11.7 Å². The molecule has 24 heavy (non-hydrogen) atoms. The molecule has 1 N–H and O–H groups in total. The van der Waals surface area contributed by atoms with E-state index in [1.807, 2.05) is 0 Å². The highest BCUT2D eigenvalue weighted by Gasteiger charge is 2.31. The molecule has 0 bridgehead atoms. The van der Waals surface area contributed by atoms with Crippen molar-refractivity contribution in [3.8, 4) is 0 Å². The zero-order valence-corrected chi connectivity index (χ0v) is 14.7. The second kappa shape index (κ2) is 7.26. The number of aromatic nitrogens is 2. The van der Waals surface area contributed by atoms with E-state index in [9.17, 15) is 4.79 Å². The fourth-order valence-corrected chi connectivity index (χ4v) is 4.71. The number of carbonyl (C=O) groups excluding carboxylic acids is 1. The molecule has 1 atom stereocenters. The quantitative estimate of drug-likeness (QED) is 0.907. The summed E-state index contributed by atoms with van der Waals surface area (Å²) in [6, 6.07) is 0.551. The Balaban J connectivity index is 1.45. The zero-order valence-electron chi connectivity index (χ0n) is 14.7. The highest BCUT2D eigenvalue weighted by Crippen LogP contribution is 2.25. The molecule has 2 fully saturated rings. The predicted molar refractivity (Wildman–Crippen MR) is 94.2 cm³/mol. The van der Waals surface area contributed by atoms with E-state index >= 15 is 0 Å². The van der Waals surface area contributed by atoms with Gasteiger partial charge in [0.05, 0.1) is 0 Å². The van der Waals surface area contributed by atoms with Gasteiger partial charge < -0.3 is 4.90 Å². The number of piperidine rings is 1. The minimum Gasteiger partial charge on any atom is -0.336 e. The van der Waals surface area contributed by atoms with Crippen molar-refractivity contribution in [1.29, 1.82) is 0 Å². The van der Waals surface area contributed by atoms with E-state index in [2.05, 4.69) is 20.0 Å². The summed E-state index contributed by atoms with van der Waals surface area (Å²) in [7, 11) is 0. The van der Waals surface area contributed by atoms with E-state index in [4.69, 9.17) is 0 Å². The monoisotopic (exact) mass is 330 g/mol. The van der Waals surface area contributed by atoms with Crippen LogP contribution in [0.2, 0.25) is 0 Å². The average molecular weight is 330 g/mol. The first-order valence-electron chi connectivity index (χ1n) is 9.92. The van der Waals surface area contributed by atoms with Gasteiger partial charge >= 0.3 is 0 Å². The van der Waals surface area contributed by atoms with Gasteiger partial charge in [0.25, 0.3) is 5.91 Å². The molecule has 0 unspecified atom stereocenters. The minimum atomic E-state index is 0.161. The number of nitrogens with one attached hydrogen (secondary N) is 1. The Morgan fingerprint density at radius 2 is 1.75 bits per heavy atom. The largest absolute Gasteiger partial charge is 0.336 e.